The van der Waals surface area contributed by atoms with E-state index < -0.39 is 0 Å². The number of pyridine rings is 1. The maximum absolute atomic E-state index is 11.7. The van der Waals surface area contributed by atoms with E-state index in [9.17, 15) is 4.79 Å². The van der Waals surface area contributed by atoms with E-state index in [0.29, 0.717) is 6.61 Å². The average molecular weight is 277 g/mol. The van der Waals surface area contributed by atoms with Gasteiger partial charge in [0, 0.05) is 25.0 Å². The second-order valence-corrected chi connectivity index (χ2v) is 4.89. The average Bonchev–Trinajstić information content (AvgIpc) is 2.81. The molecule has 0 saturated heterocycles. The van der Waals surface area contributed by atoms with E-state index in [1.54, 1.807) is 26.4 Å². The summed E-state index contributed by atoms with van der Waals surface area (Å²) >= 11 is 1.45. The molecule has 0 aliphatic carbocycles. The van der Waals surface area contributed by atoms with Crippen LogP contribution in [0.4, 0.5) is 9.80 Å². The zero-order chi connectivity index (χ0) is 13.8. The van der Waals surface area contributed by atoms with Crippen molar-refractivity contribution in [3.05, 3.63) is 30.2 Å². The minimum absolute atomic E-state index is 0.358. The SMILES string of the molecule is CCOC(=O)N(C)c1sc(-c2cccnc2)nc1C. The van der Waals surface area contributed by atoms with E-state index in [-0.39, 0.29) is 6.09 Å². The monoisotopic (exact) mass is 277 g/mol. The summed E-state index contributed by atoms with van der Waals surface area (Å²) < 4.78 is 4.98. The Morgan fingerprint density at radius 2 is 2.32 bits per heavy atom. The Kier molecular flexibility index (Phi) is 4.11. The lowest BCUT2D eigenvalue weighted by Gasteiger charge is -2.14. The second kappa shape index (κ2) is 5.79. The fourth-order valence-electron chi connectivity index (χ4n) is 1.62. The highest BCUT2D eigenvalue weighted by Crippen LogP contribution is 2.33. The van der Waals surface area contributed by atoms with Crippen molar-refractivity contribution in [2.24, 2.45) is 0 Å². The van der Waals surface area contributed by atoms with Crippen LogP contribution in [0.3, 0.4) is 0 Å². The third-order valence-corrected chi connectivity index (χ3v) is 3.81. The van der Waals surface area contributed by atoms with Crippen molar-refractivity contribution >= 4 is 22.4 Å². The third kappa shape index (κ3) is 2.90. The number of rotatable bonds is 3. The molecule has 19 heavy (non-hydrogen) atoms. The predicted molar refractivity (Wildman–Crippen MR) is 75.5 cm³/mol. The number of nitrogens with zero attached hydrogens (tertiary/aromatic N) is 3. The molecule has 0 unspecified atom stereocenters. The molecule has 2 aromatic heterocycles. The van der Waals surface area contributed by atoms with Crippen LogP contribution in [0.2, 0.25) is 0 Å². The van der Waals surface area contributed by atoms with Crippen molar-refractivity contribution in [1.29, 1.82) is 0 Å². The topological polar surface area (TPSA) is 55.3 Å². The van der Waals surface area contributed by atoms with Crippen LogP contribution in [0.5, 0.6) is 0 Å². The first-order chi connectivity index (χ1) is 9.13. The molecule has 0 atom stereocenters. The van der Waals surface area contributed by atoms with Crippen LogP contribution in [0.25, 0.3) is 10.6 Å². The number of carbonyl (C=O) groups is 1. The summed E-state index contributed by atoms with van der Waals surface area (Å²) in [6.45, 7) is 4.02. The molecule has 2 heterocycles. The maximum atomic E-state index is 11.7. The molecule has 100 valence electrons. The Bertz CT molecular complexity index is 569. The van der Waals surface area contributed by atoms with Crippen LogP contribution >= 0.6 is 11.3 Å². The Hall–Kier alpha value is -1.95. The summed E-state index contributed by atoms with van der Waals surface area (Å²) in [6, 6.07) is 3.81. The summed E-state index contributed by atoms with van der Waals surface area (Å²) in [5.41, 5.74) is 1.75. The van der Waals surface area contributed by atoms with Crippen LogP contribution < -0.4 is 4.90 Å². The Morgan fingerprint density at radius 3 is 2.95 bits per heavy atom. The molecule has 5 nitrogen and oxygen atoms in total. The Balaban J connectivity index is 2.29. The Morgan fingerprint density at radius 1 is 1.53 bits per heavy atom. The predicted octanol–water partition coefficient (Wildman–Crippen LogP) is 3.11. The molecule has 0 aliphatic heterocycles. The van der Waals surface area contributed by atoms with Crippen molar-refractivity contribution in [3.63, 3.8) is 0 Å². The van der Waals surface area contributed by atoms with Gasteiger partial charge in [-0.05, 0) is 26.0 Å². The van der Waals surface area contributed by atoms with Crippen LogP contribution in [0.1, 0.15) is 12.6 Å². The highest BCUT2D eigenvalue weighted by atomic mass is 32.1. The van der Waals surface area contributed by atoms with Gasteiger partial charge in [0.15, 0.2) is 0 Å². The first-order valence-corrected chi connectivity index (χ1v) is 6.73. The van der Waals surface area contributed by atoms with Gasteiger partial charge in [-0.2, -0.15) is 0 Å². The standard InChI is InChI=1S/C13H15N3O2S/c1-4-18-13(17)16(3)12-9(2)15-11(19-12)10-6-5-7-14-8-10/h5-8H,4H2,1-3H3. The van der Waals surface area contributed by atoms with Gasteiger partial charge in [-0.15, -0.1) is 0 Å². The smallest absolute Gasteiger partial charge is 0.414 e. The molecular formula is C13H15N3O2S. The van der Waals surface area contributed by atoms with E-state index >= 15 is 0 Å². The fourth-order valence-corrected chi connectivity index (χ4v) is 2.62. The largest absolute Gasteiger partial charge is 0.449 e. The van der Waals surface area contributed by atoms with E-state index in [4.69, 9.17) is 4.74 Å². The van der Waals surface area contributed by atoms with E-state index in [0.717, 1.165) is 21.3 Å². The summed E-state index contributed by atoms with van der Waals surface area (Å²) in [5.74, 6) is 0. The molecule has 0 saturated carbocycles. The number of aromatic nitrogens is 2. The molecule has 0 radical (unpaired) electrons. The highest BCUT2D eigenvalue weighted by molar-refractivity contribution is 7.19. The molecule has 6 heteroatoms. The number of thiazole rings is 1. The molecule has 2 rings (SSSR count). The van der Waals surface area contributed by atoms with Crippen molar-refractivity contribution in [2.75, 3.05) is 18.6 Å². The molecular weight excluding hydrogens is 262 g/mol. The molecule has 2 aromatic rings. The summed E-state index contributed by atoms with van der Waals surface area (Å²) in [5, 5.41) is 1.63. The molecule has 0 N–H and O–H groups in total. The number of ether oxygens (including phenoxy) is 1. The molecule has 0 fully saturated rings. The van der Waals surface area contributed by atoms with Gasteiger partial charge in [-0.1, -0.05) is 11.3 Å². The highest BCUT2D eigenvalue weighted by Gasteiger charge is 2.18. The number of carbonyl (C=O) groups excluding carboxylic acids is 1. The molecule has 1 amide bonds. The first kappa shape index (κ1) is 13.5. The van der Waals surface area contributed by atoms with E-state index in [1.165, 1.54) is 16.2 Å². The first-order valence-electron chi connectivity index (χ1n) is 5.91. The van der Waals surface area contributed by atoms with Crippen molar-refractivity contribution in [3.8, 4) is 10.6 Å². The Labute approximate surface area is 115 Å². The summed E-state index contributed by atoms with van der Waals surface area (Å²) in [7, 11) is 1.69. The molecule has 0 spiro atoms. The minimum Gasteiger partial charge on any atom is -0.449 e. The summed E-state index contributed by atoms with van der Waals surface area (Å²) in [6.07, 6.45) is 3.11. The number of amides is 1. The molecule has 0 aliphatic rings. The van der Waals surface area contributed by atoms with Gasteiger partial charge in [-0.3, -0.25) is 9.88 Å². The maximum Gasteiger partial charge on any atom is 0.414 e. The number of anilines is 1. The van der Waals surface area contributed by atoms with Crippen molar-refractivity contribution < 1.29 is 9.53 Å². The third-order valence-electron chi connectivity index (χ3n) is 2.53. The van der Waals surface area contributed by atoms with E-state index in [1.807, 2.05) is 19.1 Å². The normalized spacial score (nSPS) is 10.3. The fraction of sp³-hybridized carbons (Fsp3) is 0.308. The zero-order valence-electron chi connectivity index (χ0n) is 11.1. The van der Waals surface area contributed by atoms with Crippen LogP contribution in [0, 0.1) is 6.92 Å². The van der Waals surface area contributed by atoms with Gasteiger partial charge in [0.25, 0.3) is 0 Å². The summed E-state index contributed by atoms with van der Waals surface area (Å²) in [4.78, 5) is 21.7. The lowest BCUT2D eigenvalue weighted by Crippen LogP contribution is -2.26. The van der Waals surface area contributed by atoms with Crippen LogP contribution in [-0.4, -0.2) is 29.7 Å². The quantitative estimate of drug-likeness (QED) is 0.865. The zero-order valence-corrected chi connectivity index (χ0v) is 11.9. The molecule has 0 aromatic carbocycles. The number of hydrogen-bond acceptors (Lipinski definition) is 5. The van der Waals surface area contributed by atoms with Crippen molar-refractivity contribution in [1.82, 2.24) is 9.97 Å². The van der Waals surface area contributed by atoms with Crippen LogP contribution in [-0.2, 0) is 4.74 Å². The second-order valence-electron chi connectivity index (χ2n) is 3.91. The molecule has 0 bridgehead atoms. The lowest BCUT2D eigenvalue weighted by molar-refractivity contribution is 0.161. The van der Waals surface area contributed by atoms with Gasteiger partial charge in [-0.25, -0.2) is 9.78 Å². The van der Waals surface area contributed by atoms with Crippen molar-refractivity contribution in [2.45, 2.75) is 13.8 Å². The number of hydrogen-bond donors (Lipinski definition) is 0. The van der Waals surface area contributed by atoms with Gasteiger partial charge < -0.3 is 4.74 Å². The minimum atomic E-state index is -0.369. The lowest BCUT2D eigenvalue weighted by atomic mass is 10.3. The van der Waals surface area contributed by atoms with E-state index in [2.05, 4.69) is 9.97 Å². The number of aryl methyl sites for hydroxylation is 1. The van der Waals surface area contributed by atoms with Gasteiger partial charge in [0.2, 0.25) is 0 Å². The van der Waals surface area contributed by atoms with Gasteiger partial charge in [0.1, 0.15) is 10.0 Å². The van der Waals surface area contributed by atoms with Crippen LogP contribution in [0.15, 0.2) is 24.5 Å². The van der Waals surface area contributed by atoms with Gasteiger partial charge >= 0.3 is 6.09 Å². The van der Waals surface area contributed by atoms with Gasteiger partial charge in [0.05, 0.1) is 12.3 Å².